The molecule has 0 unspecified atom stereocenters. The van der Waals surface area contributed by atoms with Crippen LogP contribution in [0.25, 0.3) is 5.52 Å². The molecule has 0 radical (unpaired) electrons. The fourth-order valence-electron chi connectivity index (χ4n) is 4.35. The quantitative estimate of drug-likeness (QED) is 0.225. The number of carbonyl (C=O) groups excluding carboxylic acids is 4. The third kappa shape index (κ3) is 6.48. The topological polar surface area (TPSA) is 182 Å². The molecule has 5 rings (SSSR count). The van der Waals surface area contributed by atoms with Gasteiger partial charge >= 0.3 is 18.0 Å². The minimum absolute atomic E-state index is 0.151. The van der Waals surface area contributed by atoms with Crippen LogP contribution in [0.15, 0.2) is 30.7 Å². The predicted molar refractivity (Wildman–Crippen MR) is 146 cm³/mol. The third-order valence-electron chi connectivity index (χ3n) is 7.00. The van der Waals surface area contributed by atoms with E-state index in [-0.39, 0.29) is 30.0 Å². The first-order chi connectivity index (χ1) is 20.1. The summed E-state index contributed by atoms with van der Waals surface area (Å²) in [5.41, 5.74) is 3.27. The molecule has 0 aliphatic heterocycles. The molecule has 2 fully saturated rings. The zero-order valence-corrected chi connectivity index (χ0v) is 23.1. The molecule has 2 saturated carbocycles. The third-order valence-corrected chi connectivity index (χ3v) is 7.00. The lowest BCUT2D eigenvalue weighted by Crippen LogP contribution is -2.39. The molecule has 2 heterocycles. The molecule has 3 aromatic rings. The van der Waals surface area contributed by atoms with Gasteiger partial charge in [0.1, 0.15) is 11.8 Å². The number of carbonyl (C=O) groups is 5. The number of anilines is 2. The van der Waals surface area contributed by atoms with Gasteiger partial charge in [0, 0.05) is 29.5 Å². The number of nitrogens with one attached hydrogen (secondary N) is 2. The van der Waals surface area contributed by atoms with E-state index in [1.807, 2.05) is 13.0 Å². The number of carboxylic acid groups (broad SMARTS) is 1. The summed E-state index contributed by atoms with van der Waals surface area (Å²) in [6.45, 7) is 2.86. The van der Waals surface area contributed by atoms with Gasteiger partial charge in [-0.15, -0.1) is 0 Å². The Morgan fingerprint density at radius 3 is 2.52 bits per heavy atom. The zero-order chi connectivity index (χ0) is 30.0. The molecule has 42 heavy (non-hydrogen) atoms. The van der Waals surface area contributed by atoms with Crippen LogP contribution in [0.3, 0.4) is 0 Å². The number of aryl methyl sites for hydroxylation is 2. The number of rotatable bonds is 11. The molecular formula is C28H30N6O8. The van der Waals surface area contributed by atoms with Crippen LogP contribution in [0.4, 0.5) is 16.3 Å². The van der Waals surface area contributed by atoms with Gasteiger partial charge in [0.2, 0.25) is 6.79 Å². The fraction of sp³-hybridized carbons (Fsp3) is 0.393. The van der Waals surface area contributed by atoms with Gasteiger partial charge in [-0.05, 0) is 62.8 Å². The van der Waals surface area contributed by atoms with Crippen molar-refractivity contribution in [3.63, 3.8) is 0 Å². The van der Waals surface area contributed by atoms with Crippen LogP contribution in [-0.4, -0.2) is 73.3 Å². The Kier molecular flexibility index (Phi) is 8.04. The highest BCUT2D eigenvalue weighted by atomic mass is 16.7. The number of nitrogens with zero attached hydrogens (tertiary/aromatic N) is 4. The van der Waals surface area contributed by atoms with Gasteiger partial charge < -0.3 is 25.2 Å². The molecule has 3 N–H and O–H groups in total. The second kappa shape index (κ2) is 11.8. The van der Waals surface area contributed by atoms with E-state index in [1.54, 1.807) is 19.1 Å². The standard InChI is InChI=1S/C28H30N6O8/c1-15-3-4-17(26(38)31-18-5-6-18)11-21(15)32-25-24-16(2)20(12-33(24)30-13-29-25)27(39)34(19-7-8-19)28(40)42-14-41-23(37)10-9-22(35)36/h3-4,11-13,18-19H,5-10,14H2,1-2H3,(H,31,38)(H,35,36)(H,29,30,32). The van der Waals surface area contributed by atoms with Crippen molar-refractivity contribution in [1.29, 1.82) is 0 Å². The van der Waals surface area contributed by atoms with E-state index >= 15 is 0 Å². The Hall–Kier alpha value is -5.01. The first kappa shape index (κ1) is 28.5. The lowest BCUT2D eigenvalue weighted by molar-refractivity contribution is -0.154. The first-order valence-corrected chi connectivity index (χ1v) is 13.5. The van der Waals surface area contributed by atoms with Crippen LogP contribution >= 0.6 is 0 Å². The summed E-state index contributed by atoms with van der Waals surface area (Å²) in [6.07, 6.45) is 4.22. The second-order valence-electron chi connectivity index (χ2n) is 10.3. The summed E-state index contributed by atoms with van der Waals surface area (Å²) < 4.78 is 11.3. The second-order valence-corrected chi connectivity index (χ2v) is 10.3. The van der Waals surface area contributed by atoms with Crippen molar-refractivity contribution in [1.82, 2.24) is 24.8 Å². The maximum absolute atomic E-state index is 13.6. The van der Waals surface area contributed by atoms with Crippen molar-refractivity contribution in [3.8, 4) is 0 Å². The Bertz CT molecular complexity index is 1580. The molecule has 0 bridgehead atoms. The zero-order valence-electron chi connectivity index (χ0n) is 23.1. The largest absolute Gasteiger partial charge is 0.481 e. The molecule has 0 atom stereocenters. The lowest BCUT2D eigenvalue weighted by Gasteiger charge is -2.19. The fourth-order valence-corrected chi connectivity index (χ4v) is 4.35. The van der Waals surface area contributed by atoms with E-state index in [2.05, 4.69) is 20.7 Å². The van der Waals surface area contributed by atoms with Crippen LogP contribution in [0.5, 0.6) is 0 Å². The number of esters is 1. The maximum Gasteiger partial charge on any atom is 0.419 e. The van der Waals surface area contributed by atoms with E-state index < -0.39 is 37.2 Å². The van der Waals surface area contributed by atoms with Crippen molar-refractivity contribution < 1.29 is 38.6 Å². The summed E-state index contributed by atoms with van der Waals surface area (Å²) in [7, 11) is 0. The molecule has 3 amide bonds. The smallest absolute Gasteiger partial charge is 0.419 e. The van der Waals surface area contributed by atoms with Gasteiger partial charge in [-0.3, -0.25) is 19.2 Å². The number of ether oxygens (including phenoxy) is 2. The molecule has 14 heteroatoms. The number of imide groups is 1. The molecular weight excluding hydrogens is 548 g/mol. The molecule has 0 spiro atoms. The molecule has 2 aliphatic rings. The van der Waals surface area contributed by atoms with Gasteiger partial charge in [0.05, 0.1) is 18.4 Å². The molecule has 1 aromatic carbocycles. The molecule has 2 aromatic heterocycles. The minimum atomic E-state index is -1.16. The van der Waals surface area contributed by atoms with Crippen LogP contribution < -0.4 is 10.6 Å². The van der Waals surface area contributed by atoms with Crippen LogP contribution in [0.1, 0.15) is 70.4 Å². The number of aliphatic carboxylic acids is 1. The van der Waals surface area contributed by atoms with Crippen molar-refractivity contribution in [2.75, 3.05) is 12.1 Å². The molecule has 220 valence electrons. The van der Waals surface area contributed by atoms with E-state index in [1.165, 1.54) is 17.0 Å². The normalized spacial score (nSPS) is 14.2. The van der Waals surface area contributed by atoms with Gasteiger partial charge in [0.15, 0.2) is 5.82 Å². The Morgan fingerprint density at radius 2 is 1.83 bits per heavy atom. The van der Waals surface area contributed by atoms with E-state index in [9.17, 15) is 24.0 Å². The summed E-state index contributed by atoms with van der Waals surface area (Å²) >= 11 is 0. The van der Waals surface area contributed by atoms with Crippen molar-refractivity contribution in [2.45, 2.75) is 64.5 Å². The number of hydrogen-bond donors (Lipinski definition) is 3. The first-order valence-electron chi connectivity index (χ1n) is 13.5. The predicted octanol–water partition coefficient (Wildman–Crippen LogP) is 3.09. The summed E-state index contributed by atoms with van der Waals surface area (Å²) in [6, 6.07) is 5.20. The van der Waals surface area contributed by atoms with E-state index in [0.29, 0.717) is 41.0 Å². The highest BCUT2D eigenvalue weighted by Gasteiger charge is 2.40. The summed E-state index contributed by atoms with van der Waals surface area (Å²) in [4.78, 5) is 66.6. The Morgan fingerprint density at radius 1 is 1.07 bits per heavy atom. The SMILES string of the molecule is Cc1ccc(C(=O)NC2CC2)cc1Nc1ncnn2cc(C(=O)N(C(=O)OCOC(=O)CCC(=O)O)C3CC3)c(C)c12. The average molecular weight is 579 g/mol. The van der Waals surface area contributed by atoms with Gasteiger partial charge in [-0.1, -0.05) is 6.07 Å². The highest BCUT2D eigenvalue weighted by molar-refractivity contribution is 6.06. The lowest BCUT2D eigenvalue weighted by atomic mass is 10.1. The van der Waals surface area contributed by atoms with Crippen molar-refractivity contribution in [3.05, 3.63) is 53.0 Å². The van der Waals surface area contributed by atoms with Gasteiger partial charge in [0.25, 0.3) is 11.8 Å². The summed E-state index contributed by atoms with van der Waals surface area (Å²) in [5, 5.41) is 19.1. The van der Waals surface area contributed by atoms with Crippen LogP contribution in [0.2, 0.25) is 0 Å². The monoisotopic (exact) mass is 578 g/mol. The van der Waals surface area contributed by atoms with Crippen molar-refractivity contribution in [2.24, 2.45) is 0 Å². The number of amides is 3. The maximum atomic E-state index is 13.6. The number of carboxylic acids is 1. The molecule has 0 saturated heterocycles. The van der Waals surface area contributed by atoms with E-state index in [4.69, 9.17) is 14.6 Å². The molecule has 2 aliphatic carbocycles. The number of fused-ring (bicyclic) bond motifs is 1. The average Bonchev–Trinajstić information content (AvgIpc) is 3.89. The number of aromatic nitrogens is 3. The Balaban J connectivity index is 1.33. The van der Waals surface area contributed by atoms with Crippen LogP contribution in [0, 0.1) is 13.8 Å². The molecule has 14 nitrogen and oxygen atoms in total. The van der Waals surface area contributed by atoms with Gasteiger partial charge in [-0.2, -0.15) is 5.10 Å². The number of hydrogen-bond acceptors (Lipinski definition) is 10. The van der Waals surface area contributed by atoms with Gasteiger partial charge in [-0.25, -0.2) is 19.2 Å². The minimum Gasteiger partial charge on any atom is -0.481 e. The Labute approximate surface area is 240 Å². The summed E-state index contributed by atoms with van der Waals surface area (Å²) in [5.74, 6) is -2.36. The highest BCUT2D eigenvalue weighted by Crippen LogP contribution is 2.32. The number of benzene rings is 1. The van der Waals surface area contributed by atoms with Crippen LogP contribution in [-0.2, 0) is 19.1 Å². The van der Waals surface area contributed by atoms with Crippen molar-refractivity contribution >= 4 is 46.9 Å². The van der Waals surface area contributed by atoms with E-state index in [0.717, 1.165) is 23.3 Å².